The van der Waals surface area contributed by atoms with Gasteiger partial charge in [0.25, 0.3) is 0 Å². The molecule has 3 aromatic carbocycles. The number of sulfonamides is 1. The standard InChI is InChI=1S/C23H25NO5S2/c1-3-24(16-15-19-9-7-10-20(17-19)29-2)31(27,28)23-14-8-13-22(18-23)30(25,26)21-11-5-4-6-12-21/h4-14,17-18H,3,15-16H2,1-2H3. The highest BCUT2D eigenvalue weighted by molar-refractivity contribution is 7.91. The topological polar surface area (TPSA) is 80.8 Å². The van der Waals surface area contributed by atoms with E-state index >= 15 is 0 Å². The predicted octanol–water partition coefficient (Wildman–Crippen LogP) is 3.78. The highest BCUT2D eigenvalue weighted by Gasteiger charge is 2.25. The second-order valence-corrected chi connectivity index (χ2v) is 10.8. The second-order valence-electron chi connectivity index (χ2n) is 6.89. The number of hydrogen-bond donors (Lipinski definition) is 0. The number of benzene rings is 3. The summed E-state index contributed by atoms with van der Waals surface area (Å²) in [6.07, 6.45) is 0.506. The van der Waals surface area contributed by atoms with Gasteiger partial charge in [0.2, 0.25) is 19.9 Å². The maximum absolute atomic E-state index is 13.2. The zero-order valence-electron chi connectivity index (χ0n) is 17.4. The lowest BCUT2D eigenvalue weighted by molar-refractivity contribution is 0.412. The summed E-state index contributed by atoms with van der Waals surface area (Å²) in [4.78, 5) is 0.0237. The lowest BCUT2D eigenvalue weighted by atomic mass is 10.1. The summed E-state index contributed by atoms with van der Waals surface area (Å²) in [7, 11) is -6.10. The van der Waals surface area contributed by atoms with Crippen LogP contribution in [0.15, 0.2) is 93.5 Å². The van der Waals surface area contributed by atoms with E-state index in [-0.39, 0.29) is 27.8 Å². The molecule has 164 valence electrons. The molecule has 0 aliphatic carbocycles. The molecule has 0 aliphatic heterocycles. The van der Waals surface area contributed by atoms with Crippen LogP contribution in [0.1, 0.15) is 12.5 Å². The van der Waals surface area contributed by atoms with Crippen LogP contribution in [-0.4, -0.2) is 41.3 Å². The number of ether oxygens (including phenoxy) is 1. The van der Waals surface area contributed by atoms with Gasteiger partial charge in [-0.05, 0) is 54.4 Å². The van der Waals surface area contributed by atoms with Crippen LogP contribution >= 0.6 is 0 Å². The average Bonchev–Trinajstić information content (AvgIpc) is 2.80. The Balaban J connectivity index is 1.87. The van der Waals surface area contributed by atoms with E-state index in [1.165, 1.54) is 40.7 Å². The van der Waals surface area contributed by atoms with Crippen LogP contribution in [0.25, 0.3) is 0 Å². The molecule has 0 radical (unpaired) electrons. The lowest BCUT2D eigenvalue weighted by Crippen LogP contribution is -2.33. The fourth-order valence-corrected chi connectivity index (χ4v) is 6.11. The van der Waals surface area contributed by atoms with Gasteiger partial charge in [0.05, 0.1) is 21.8 Å². The molecule has 0 aliphatic rings. The molecule has 3 aromatic rings. The predicted molar refractivity (Wildman–Crippen MR) is 119 cm³/mol. The van der Waals surface area contributed by atoms with Crippen molar-refractivity contribution in [2.75, 3.05) is 20.2 Å². The molecule has 31 heavy (non-hydrogen) atoms. The van der Waals surface area contributed by atoms with E-state index in [0.717, 1.165) is 5.56 Å². The molecule has 6 nitrogen and oxygen atoms in total. The molecular weight excluding hydrogens is 434 g/mol. The molecule has 8 heteroatoms. The van der Waals surface area contributed by atoms with Gasteiger partial charge in [-0.1, -0.05) is 43.3 Å². The Hall–Kier alpha value is -2.68. The van der Waals surface area contributed by atoms with Crippen LogP contribution in [0.2, 0.25) is 0 Å². The van der Waals surface area contributed by atoms with E-state index in [2.05, 4.69) is 0 Å². The van der Waals surface area contributed by atoms with Gasteiger partial charge in [-0.15, -0.1) is 0 Å². The van der Waals surface area contributed by atoms with Gasteiger partial charge < -0.3 is 4.74 Å². The summed E-state index contributed by atoms with van der Waals surface area (Å²) in [5.41, 5.74) is 0.952. The first-order chi connectivity index (χ1) is 14.8. The van der Waals surface area contributed by atoms with E-state index in [9.17, 15) is 16.8 Å². The first kappa shape index (κ1) is 23.0. The van der Waals surface area contributed by atoms with Crippen LogP contribution in [0.3, 0.4) is 0 Å². The molecule has 0 unspecified atom stereocenters. The summed E-state index contributed by atoms with van der Waals surface area (Å²) in [6.45, 7) is 2.29. The molecule has 0 N–H and O–H groups in total. The number of hydrogen-bond acceptors (Lipinski definition) is 5. The molecule has 0 aromatic heterocycles. The first-order valence-corrected chi connectivity index (χ1v) is 12.7. The van der Waals surface area contributed by atoms with Gasteiger partial charge in [0, 0.05) is 13.1 Å². The summed E-state index contributed by atoms with van der Waals surface area (Å²) in [6, 6.07) is 21.0. The number of rotatable bonds is 9. The number of nitrogens with zero attached hydrogens (tertiary/aromatic N) is 1. The van der Waals surface area contributed by atoms with Crippen LogP contribution in [0.4, 0.5) is 0 Å². The van der Waals surface area contributed by atoms with Gasteiger partial charge in [-0.3, -0.25) is 0 Å². The maximum atomic E-state index is 13.2. The molecule has 0 heterocycles. The molecule has 3 rings (SSSR count). The summed E-state index contributed by atoms with van der Waals surface area (Å²) in [5.74, 6) is 0.710. The van der Waals surface area contributed by atoms with Crippen LogP contribution in [-0.2, 0) is 26.3 Å². The average molecular weight is 460 g/mol. The summed E-state index contributed by atoms with van der Waals surface area (Å²) >= 11 is 0. The first-order valence-electron chi connectivity index (χ1n) is 9.82. The van der Waals surface area contributed by atoms with Crippen molar-refractivity contribution in [3.8, 4) is 5.75 Å². The molecular formula is C23H25NO5S2. The Bertz CT molecular complexity index is 1240. The fourth-order valence-electron chi connectivity index (χ4n) is 3.22. The molecule has 0 amide bonds. The molecule has 0 atom stereocenters. The SMILES string of the molecule is CCN(CCc1cccc(OC)c1)S(=O)(=O)c1cccc(S(=O)(=O)c2ccccc2)c1. The van der Waals surface area contributed by atoms with Gasteiger partial charge in [0.15, 0.2) is 0 Å². The Morgan fingerprint density at radius 2 is 1.42 bits per heavy atom. The van der Waals surface area contributed by atoms with Crippen molar-refractivity contribution in [1.29, 1.82) is 0 Å². The van der Waals surface area contributed by atoms with Crippen molar-refractivity contribution in [2.45, 2.75) is 28.0 Å². The zero-order valence-corrected chi connectivity index (χ0v) is 19.1. The van der Waals surface area contributed by atoms with Crippen LogP contribution < -0.4 is 4.74 Å². The van der Waals surface area contributed by atoms with Crippen molar-refractivity contribution in [3.05, 3.63) is 84.4 Å². The Morgan fingerprint density at radius 3 is 2.10 bits per heavy atom. The number of sulfone groups is 1. The Kier molecular flexibility index (Phi) is 7.15. The number of methoxy groups -OCH3 is 1. The zero-order chi connectivity index (χ0) is 22.5. The highest BCUT2D eigenvalue weighted by Crippen LogP contribution is 2.25. The number of likely N-dealkylation sites (N-methyl/N-ethyl adjacent to an activating group) is 1. The molecule has 0 fully saturated rings. The van der Waals surface area contributed by atoms with Gasteiger partial charge in [-0.2, -0.15) is 4.31 Å². The molecule has 0 saturated carbocycles. The van der Waals surface area contributed by atoms with E-state index < -0.39 is 19.9 Å². The Labute approximate surface area is 184 Å². The van der Waals surface area contributed by atoms with Crippen molar-refractivity contribution in [1.82, 2.24) is 4.31 Å². The minimum absolute atomic E-state index is 0.0444. The van der Waals surface area contributed by atoms with Gasteiger partial charge >= 0.3 is 0 Å². The maximum Gasteiger partial charge on any atom is 0.243 e. The summed E-state index contributed by atoms with van der Waals surface area (Å²) < 4.78 is 58.8. The lowest BCUT2D eigenvalue weighted by Gasteiger charge is -2.21. The molecule has 0 bridgehead atoms. The van der Waals surface area contributed by atoms with Crippen LogP contribution in [0, 0.1) is 0 Å². The Morgan fingerprint density at radius 1 is 0.774 bits per heavy atom. The van der Waals surface area contributed by atoms with Crippen molar-refractivity contribution >= 4 is 19.9 Å². The minimum atomic E-state index is -3.86. The van der Waals surface area contributed by atoms with Gasteiger partial charge in [0.1, 0.15) is 5.75 Å². The molecule has 0 spiro atoms. The monoisotopic (exact) mass is 459 g/mol. The second kappa shape index (κ2) is 9.64. The van der Waals surface area contributed by atoms with Crippen molar-refractivity contribution in [2.24, 2.45) is 0 Å². The minimum Gasteiger partial charge on any atom is -0.497 e. The largest absolute Gasteiger partial charge is 0.497 e. The fraction of sp³-hybridized carbons (Fsp3) is 0.217. The van der Waals surface area contributed by atoms with E-state index in [1.807, 2.05) is 24.3 Å². The highest BCUT2D eigenvalue weighted by atomic mass is 32.2. The third kappa shape index (κ3) is 5.15. The van der Waals surface area contributed by atoms with Crippen molar-refractivity contribution in [3.63, 3.8) is 0 Å². The van der Waals surface area contributed by atoms with E-state index in [0.29, 0.717) is 12.2 Å². The summed E-state index contributed by atoms with van der Waals surface area (Å²) in [5, 5.41) is 0. The van der Waals surface area contributed by atoms with Crippen LogP contribution in [0.5, 0.6) is 5.75 Å². The van der Waals surface area contributed by atoms with Crippen molar-refractivity contribution < 1.29 is 21.6 Å². The van der Waals surface area contributed by atoms with Gasteiger partial charge in [-0.25, -0.2) is 16.8 Å². The third-order valence-corrected chi connectivity index (χ3v) is 8.68. The smallest absolute Gasteiger partial charge is 0.243 e. The molecule has 0 saturated heterocycles. The normalized spacial score (nSPS) is 12.1. The van der Waals surface area contributed by atoms with E-state index in [4.69, 9.17) is 4.74 Å². The third-order valence-electron chi connectivity index (χ3n) is 4.94. The quantitative estimate of drug-likeness (QED) is 0.486. The van der Waals surface area contributed by atoms with E-state index in [1.54, 1.807) is 32.2 Å².